The minimum Gasteiger partial charge on any atom is -0.481 e. The van der Waals surface area contributed by atoms with Crippen LogP contribution in [0.15, 0.2) is 0 Å². The Hall–Kier alpha value is -1.79. The van der Waals surface area contributed by atoms with E-state index in [-0.39, 0.29) is 37.8 Å². The van der Waals surface area contributed by atoms with Gasteiger partial charge in [-0.25, -0.2) is 4.79 Å². The molecule has 0 aliphatic carbocycles. The summed E-state index contributed by atoms with van der Waals surface area (Å²) in [6.07, 6.45) is -0.810. The number of carbonyl (C=O) groups is 3. The van der Waals surface area contributed by atoms with Gasteiger partial charge in [-0.1, -0.05) is 0 Å². The summed E-state index contributed by atoms with van der Waals surface area (Å²) in [7, 11) is 0. The molecule has 0 unspecified atom stereocenters. The molecule has 1 rings (SSSR count). The third-order valence-electron chi connectivity index (χ3n) is 3.10. The van der Waals surface area contributed by atoms with E-state index in [9.17, 15) is 14.4 Å². The van der Waals surface area contributed by atoms with Crippen LogP contribution in [0, 0.1) is 11.8 Å². The van der Waals surface area contributed by atoms with E-state index in [1.165, 1.54) is 4.90 Å². The maximum atomic E-state index is 11.9. The number of carboxylic acid groups (broad SMARTS) is 2. The Morgan fingerprint density at radius 2 is 1.45 bits per heavy atom. The van der Waals surface area contributed by atoms with Crippen molar-refractivity contribution in [2.45, 2.75) is 39.2 Å². The molecule has 1 aliphatic rings. The molecule has 0 saturated carbocycles. The minimum absolute atomic E-state index is 0.142. The van der Waals surface area contributed by atoms with Crippen LogP contribution < -0.4 is 0 Å². The number of carboxylic acids is 2. The second-order valence-corrected chi connectivity index (χ2v) is 6.10. The highest BCUT2D eigenvalue weighted by molar-refractivity contribution is 5.71. The average Bonchev–Trinajstić information content (AvgIpc) is 2.57. The van der Waals surface area contributed by atoms with Crippen LogP contribution in [0.25, 0.3) is 0 Å². The van der Waals surface area contributed by atoms with Crippen molar-refractivity contribution in [2.24, 2.45) is 11.8 Å². The second kappa shape index (κ2) is 6.11. The summed E-state index contributed by atoms with van der Waals surface area (Å²) in [5, 5.41) is 17.7. The van der Waals surface area contributed by atoms with Gasteiger partial charge in [0.25, 0.3) is 0 Å². The van der Waals surface area contributed by atoms with Gasteiger partial charge < -0.3 is 19.8 Å². The normalized spacial score (nSPS) is 22.6. The lowest BCUT2D eigenvalue weighted by molar-refractivity contribution is -0.141. The van der Waals surface area contributed by atoms with Gasteiger partial charge in [0.1, 0.15) is 5.60 Å². The standard InChI is InChI=1S/C13H21NO6/c1-13(2,3)20-12(19)14-6-8(4-10(15)16)9(7-14)5-11(17)18/h8-9H,4-7H2,1-3H3,(H,15,16)(H,17,18)/t8-,9-/m0/s1. The summed E-state index contributed by atoms with van der Waals surface area (Å²) in [5.74, 6) is -2.68. The number of rotatable bonds is 4. The Bertz CT molecular complexity index is 376. The summed E-state index contributed by atoms with van der Waals surface area (Å²) >= 11 is 0. The molecule has 114 valence electrons. The average molecular weight is 287 g/mol. The van der Waals surface area contributed by atoms with Gasteiger partial charge >= 0.3 is 18.0 Å². The van der Waals surface area contributed by atoms with Crippen molar-refractivity contribution < 1.29 is 29.3 Å². The van der Waals surface area contributed by atoms with Gasteiger partial charge in [-0.15, -0.1) is 0 Å². The molecule has 0 radical (unpaired) electrons. The van der Waals surface area contributed by atoms with Crippen molar-refractivity contribution >= 4 is 18.0 Å². The van der Waals surface area contributed by atoms with E-state index in [0.29, 0.717) is 0 Å². The summed E-state index contributed by atoms with van der Waals surface area (Å²) in [6.45, 7) is 5.66. The fourth-order valence-corrected chi connectivity index (χ4v) is 2.33. The number of carbonyl (C=O) groups excluding carboxylic acids is 1. The molecule has 0 aromatic rings. The van der Waals surface area contributed by atoms with Crippen LogP contribution in [0.2, 0.25) is 0 Å². The topological polar surface area (TPSA) is 104 Å². The fourth-order valence-electron chi connectivity index (χ4n) is 2.33. The highest BCUT2D eigenvalue weighted by Crippen LogP contribution is 2.30. The molecular weight excluding hydrogens is 266 g/mol. The number of hydrogen-bond donors (Lipinski definition) is 2. The summed E-state index contributed by atoms with van der Waals surface area (Å²) < 4.78 is 5.22. The minimum atomic E-state index is -0.989. The van der Waals surface area contributed by atoms with E-state index in [1.54, 1.807) is 20.8 Å². The van der Waals surface area contributed by atoms with Crippen molar-refractivity contribution in [2.75, 3.05) is 13.1 Å². The molecule has 2 atom stereocenters. The molecule has 1 aliphatic heterocycles. The molecule has 1 fully saturated rings. The van der Waals surface area contributed by atoms with Crippen molar-refractivity contribution in [1.29, 1.82) is 0 Å². The van der Waals surface area contributed by atoms with Gasteiger partial charge in [-0.3, -0.25) is 9.59 Å². The molecule has 1 saturated heterocycles. The van der Waals surface area contributed by atoms with Crippen molar-refractivity contribution in [3.8, 4) is 0 Å². The first-order chi connectivity index (χ1) is 9.08. The fraction of sp³-hybridized carbons (Fsp3) is 0.769. The Balaban J connectivity index is 2.70. The predicted molar refractivity (Wildman–Crippen MR) is 69.3 cm³/mol. The number of amides is 1. The van der Waals surface area contributed by atoms with Crippen LogP contribution in [0.5, 0.6) is 0 Å². The smallest absolute Gasteiger partial charge is 0.410 e. The van der Waals surface area contributed by atoms with Gasteiger partial charge in [0.15, 0.2) is 0 Å². The Morgan fingerprint density at radius 1 is 1.05 bits per heavy atom. The van der Waals surface area contributed by atoms with E-state index in [2.05, 4.69) is 0 Å². The maximum absolute atomic E-state index is 11.9. The predicted octanol–water partition coefficient (Wildman–Crippen LogP) is 1.42. The van der Waals surface area contributed by atoms with Crippen LogP contribution in [0.4, 0.5) is 4.79 Å². The quantitative estimate of drug-likeness (QED) is 0.810. The number of nitrogens with zero attached hydrogens (tertiary/aromatic N) is 1. The monoisotopic (exact) mass is 287 g/mol. The lowest BCUT2D eigenvalue weighted by Crippen LogP contribution is -2.35. The number of ether oxygens (including phenoxy) is 1. The Morgan fingerprint density at radius 3 is 1.75 bits per heavy atom. The summed E-state index contributed by atoms with van der Waals surface area (Å²) in [6, 6.07) is 0. The SMILES string of the molecule is CC(C)(C)OC(=O)N1C[C@H](CC(=O)O)[C@@H](CC(=O)O)C1. The van der Waals surface area contributed by atoms with Crippen LogP contribution in [0.3, 0.4) is 0 Å². The molecule has 0 bridgehead atoms. The van der Waals surface area contributed by atoms with E-state index in [1.807, 2.05) is 0 Å². The van der Waals surface area contributed by atoms with Gasteiger partial charge in [0, 0.05) is 13.1 Å². The van der Waals surface area contributed by atoms with Gasteiger partial charge in [-0.05, 0) is 32.6 Å². The zero-order valence-corrected chi connectivity index (χ0v) is 12.0. The zero-order valence-electron chi connectivity index (χ0n) is 12.0. The number of hydrogen-bond acceptors (Lipinski definition) is 4. The Kier molecular flexibility index (Phi) is 4.97. The third kappa shape index (κ3) is 5.07. The first-order valence-corrected chi connectivity index (χ1v) is 6.50. The van der Waals surface area contributed by atoms with Crippen molar-refractivity contribution in [3.05, 3.63) is 0 Å². The second-order valence-electron chi connectivity index (χ2n) is 6.10. The lowest BCUT2D eigenvalue weighted by Gasteiger charge is -2.24. The molecule has 0 aromatic heterocycles. The molecule has 1 heterocycles. The highest BCUT2D eigenvalue weighted by atomic mass is 16.6. The van der Waals surface area contributed by atoms with E-state index < -0.39 is 23.6 Å². The van der Waals surface area contributed by atoms with E-state index in [4.69, 9.17) is 14.9 Å². The number of aliphatic carboxylic acids is 2. The molecular formula is C13H21NO6. The van der Waals surface area contributed by atoms with Crippen molar-refractivity contribution in [3.63, 3.8) is 0 Å². The molecule has 0 aromatic carbocycles. The Labute approximate surface area is 117 Å². The summed E-state index contributed by atoms with van der Waals surface area (Å²) in [4.78, 5) is 34.9. The van der Waals surface area contributed by atoms with Crippen LogP contribution in [-0.2, 0) is 14.3 Å². The third-order valence-corrected chi connectivity index (χ3v) is 3.10. The molecule has 0 spiro atoms. The van der Waals surface area contributed by atoms with Gasteiger partial charge in [0.2, 0.25) is 0 Å². The van der Waals surface area contributed by atoms with Crippen LogP contribution in [0.1, 0.15) is 33.6 Å². The largest absolute Gasteiger partial charge is 0.481 e. The first-order valence-electron chi connectivity index (χ1n) is 6.50. The molecule has 1 amide bonds. The van der Waals surface area contributed by atoms with E-state index in [0.717, 1.165) is 0 Å². The van der Waals surface area contributed by atoms with E-state index >= 15 is 0 Å². The summed E-state index contributed by atoms with van der Waals surface area (Å²) in [5.41, 5.74) is -0.635. The number of likely N-dealkylation sites (tertiary alicyclic amines) is 1. The molecule has 7 nitrogen and oxygen atoms in total. The molecule has 2 N–H and O–H groups in total. The van der Waals surface area contributed by atoms with Gasteiger partial charge in [-0.2, -0.15) is 0 Å². The first kappa shape index (κ1) is 16.3. The van der Waals surface area contributed by atoms with Gasteiger partial charge in [0.05, 0.1) is 12.8 Å². The maximum Gasteiger partial charge on any atom is 0.410 e. The lowest BCUT2D eigenvalue weighted by atomic mass is 9.90. The zero-order chi connectivity index (χ0) is 15.5. The molecule has 20 heavy (non-hydrogen) atoms. The molecule has 7 heteroatoms. The van der Waals surface area contributed by atoms with Crippen molar-refractivity contribution in [1.82, 2.24) is 4.90 Å². The van der Waals surface area contributed by atoms with Crippen LogP contribution in [-0.4, -0.2) is 51.8 Å². The van der Waals surface area contributed by atoms with Crippen LogP contribution >= 0.6 is 0 Å². The highest BCUT2D eigenvalue weighted by Gasteiger charge is 2.38.